The molecule has 5 nitrogen and oxygen atoms in total. The highest BCUT2D eigenvalue weighted by molar-refractivity contribution is 6.34. The fourth-order valence-electron chi connectivity index (χ4n) is 2.78. The molecule has 1 atom stereocenters. The second-order valence-corrected chi connectivity index (χ2v) is 7.30. The minimum Gasteiger partial charge on any atom is -0.296 e. The molecule has 0 saturated carbocycles. The number of hydrogen-bond donors (Lipinski definition) is 2. The quantitative estimate of drug-likeness (QED) is 0.640. The van der Waals surface area contributed by atoms with E-state index in [-0.39, 0.29) is 27.2 Å². The summed E-state index contributed by atoms with van der Waals surface area (Å²) in [5, 5.41) is 1.36. The summed E-state index contributed by atoms with van der Waals surface area (Å²) in [6.45, 7) is 1.37. The molecule has 1 heterocycles. The van der Waals surface area contributed by atoms with E-state index in [1.54, 1.807) is 24.3 Å². The van der Waals surface area contributed by atoms with Gasteiger partial charge in [0.05, 0.1) is 11.4 Å². The molecule has 0 aromatic heterocycles. The Kier molecular flexibility index (Phi) is 5.71. The molecule has 1 aliphatic rings. The molecule has 10 heteroatoms. The van der Waals surface area contributed by atoms with Crippen molar-refractivity contribution in [2.75, 3.05) is 12.5 Å². The number of carbonyl (C=O) groups is 1. The number of carbonyl (C=O) groups excluding carboxylic acids is 1. The minimum atomic E-state index is -4.79. The van der Waals surface area contributed by atoms with Crippen LogP contribution in [0.1, 0.15) is 18.1 Å². The lowest BCUT2D eigenvalue weighted by atomic mass is 9.91. The van der Waals surface area contributed by atoms with Crippen LogP contribution in [0.5, 0.6) is 0 Å². The minimum absolute atomic E-state index is 0.0556. The third kappa shape index (κ3) is 4.29. The Balaban J connectivity index is 2.03. The maximum absolute atomic E-state index is 14.0. The highest BCUT2D eigenvalue weighted by Crippen LogP contribution is 2.48. The van der Waals surface area contributed by atoms with Gasteiger partial charge in [-0.3, -0.25) is 25.5 Å². The SMILES string of the molecule is CC(=O)N(C)Nc1cccc(C2=CC(c3cc(Cl)cc(Cl)c3)(C(F)(F)F)ON2)c1. The number of amides is 1. The van der Waals surface area contributed by atoms with Gasteiger partial charge in [-0.05, 0) is 36.4 Å². The lowest BCUT2D eigenvalue weighted by Crippen LogP contribution is -2.42. The Morgan fingerprint density at radius 3 is 2.41 bits per heavy atom. The molecule has 29 heavy (non-hydrogen) atoms. The second-order valence-electron chi connectivity index (χ2n) is 6.42. The molecule has 2 N–H and O–H groups in total. The zero-order chi connectivity index (χ0) is 21.4. The van der Waals surface area contributed by atoms with E-state index in [9.17, 15) is 18.0 Å². The molecule has 154 valence electrons. The van der Waals surface area contributed by atoms with Crippen molar-refractivity contribution in [3.05, 3.63) is 69.7 Å². The summed E-state index contributed by atoms with van der Waals surface area (Å²) < 4.78 is 42.1. The van der Waals surface area contributed by atoms with Crippen molar-refractivity contribution < 1.29 is 22.8 Å². The maximum Gasteiger partial charge on any atom is 0.428 e. The molecule has 0 saturated heterocycles. The van der Waals surface area contributed by atoms with E-state index in [4.69, 9.17) is 28.0 Å². The van der Waals surface area contributed by atoms with Crippen molar-refractivity contribution in [1.29, 1.82) is 0 Å². The van der Waals surface area contributed by atoms with Crippen LogP contribution >= 0.6 is 23.2 Å². The normalized spacial score (nSPS) is 18.8. The number of alkyl halides is 3. The first kappa shape index (κ1) is 21.3. The standard InChI is InChI=1S/C19H16Cl2F3N3O2/c1-11(28)27(2)25-16-5-3-4-12(6-16)17-10-18(29-26-17,19(22,23)24)13-7-14(20)9-15(21)8-13/h3-10,25-26H,1-2H3. The van der Waals surface area contributed by atoms with Crippen LogP contribution in [0.2, 0.25) is 10.0 Å². The molecule has 0 fully saturated rings. The molecule has 0 bridgehead atoms. The van der Waals surface area contributed by atoms with Gasteiger partial charge in [0.15, 0.2) is 0 Å². The summed E-state index contributed by atoms with van der Waals surface area (Å²) >= 11 is 11.8. The number of hydroxylamine groups is 1. The average molecular weight is 446 g/mol. The van der Waals surface area contributed by atoms with Crippen LogP contribution in [-0.4, -0.2) is 24.1 Å². The number of benzene rings is 2. The number of nitrogens with one attached hydrogen (secondary N) is 2. The number of anilines is 1. The van der Waals surface area contributed by atoms with Crippen LogP contribution in [0.4, 0.5) is 18.9 Å². The molecule has 2 aromatic rings. The third-order valence-electron chi connectivity index (χ3n) is 4.32. The summed E-state index contributed by atoms with van der Waals surface area (Å²) in [5.41, 5.74) is 3.21. The van der Waals surface area contributed by atoms with Gasteiger partial charge in [-0.15, -0.1) is 0 Å². The largest absolute Gasteiger partial charge is 0.428 e. The van der Waals surface area contributed by atoms with Crippen LogP contribution in [0.25, 0.3) is 5.70 Å². The van der Waals surface area contributed by atoms with E-state index >= 15 is 0 Å². The Hall–Kier alpha value is -2.42. The van der Waals surface area contributed by atoms with Crippen molar-refractivity contribution in [3.8, 4) is 0 Å². The summed E-state index contributed by atoms with van der Waals surface area (Å²) in [4.78, 5) is 16.4. The van der Waals surface area contributed by atoms with Gasteiger partial charge in [0.1, 0.15) is 0 Å². The molecule has 0 aliphatic carbocycles. The van der Waals surface area contributed by atoms with E-state index in [2.05, 4.69) is 10.9 Å². The first-order valence-corrected chi connectivity index (χ1v) is 9.09. The lowest BCUT2D eigenvalue weighted by molar-refractivity contribution is -0.269. The third-order valence-corrected chi connectivity index (χ3v) is 4.76. The van der Waals surface area contributed by atoms with E-state index in [1.165, 1.54) is 25.0 Å². The number of rotatable bonds is 4. The van der Waals surface area contributed by atoms with Gasteiger partial charge >= 0.3 is 6.18 Å². The fraction of sp³-hybridized carbons (Fsp3) is 0.211. The number of halogens is 5. The van der Waals surface area contributed by atoms with E-state index < -0.39 is 11.8 Å². The first-order chi connectivity index (χ1) is 13.5. The molecule has 2 aromatic carbocycles. The Morgan fingerprint density at radius 1 is 1.17 bits per heavy atom. The molecular formula is C19H16Cl2F3N3O2. The lowest BCUT2D eigenvalue weighted by Gasteiger charge is -2.28. The smallest absolute Gasteiger partial charge is 0.296 e. The number of hydrogen-bond acceptors (Lipinski definition) is 4. The van der Waals surface area contributed by atoms with Crippen LogP contribution in [0, 0.1) is 0 Å². The zero-order valence-corrected chi connectivity index (χ0v) is 16.8. The van der Waals surface area contributed by atoms with Gasteiger partial charge < -0.3 is 0 Å². The van der Waals surface area contributed by atoms with Gasteiger partial charge in [0.2, 0.25) is 11.5 Å². The number of hydrazine groups is 1. The highest BCUT2D eigenvalue weighted by Gasteiger charge is 2.59. The number of nitrogens with zero attached hydrogens (tertiary/aromatic N) is 1. The van der Waals surface area contributed by atoms with Crippen molar-refractivity contribution in [2.45, 2.75) is 18.7 Å². The monoisotopic (exact) mass is 445 g/mol. The Bertz CT molecular complexity index is 961. The van der Waals surface area contributed by atoms with Crippen LogP contribution in [-0.2, 0) is 15.2 Å². The van der Waals surface area contributed by atoms with Gasteiger partial charge in [-0.25, -0.2) is 0 Å². The summed E-state index contributed by atoms with van der Waals surface area (Å²) in [7, 11) is 1.53. The van der Waals surface area contributed by atoms with Gasteiger partial charge in [-0.2, -0.15) is 13.2 Å². The van der Waals surface area contributed by atoms with E-state index in [1.807, 2.05) is 0 Å². The summed E-state index contributed by atoms with van der Waals surface area (Å²) in [5.74, 6) is -0.231. The molecular weight excluding hydrogens is 430 g/mol. The summed E-state index contributed by atoms with van der Waals surface area (Å²) in [6, 6.07) is 10.1. The molecule has 0 radical (unpaired) electrons. The molecule has 1 unspecified atom stereocenters. The van der Waals surface area contributed by atoms with E-state index in [0.29, 0.717) is 11.3 Å². The Labute approximate surface area is 175 Å². The van der Waals surface area contributed by atoms with E-state index in [0.717, 1.165) is 18.2 Å². The topological polar surface area (TPSA) is 53.6 Å². The van der Waals surface area contributed by atoms with Crippen molar-refractivity contribution in [2.24, 2.45) is 0 Å². The van der Waals surface area contributed by atoms with Crippen LogP contribution in [0.15, 0.2) is 48.5 Å². The van der Waals surface area contributed by atoms with Gasteiger partial charge in [0, 0.05) is 35.1 Å². The molecule has 1 amide bonds. The zero-order valence-electron chi connectivity index (χ0n) is 15.3. The molecule has 0 spiro atoms. The van der Waals surface area contributed by atoms with Gasteiger partial charge in [-0.1, -0.05) is 35.3 Å². The average Bonchev–Trinajstić information content (AvgIpc) is 3.08. The fourth-order valence-corrected chi connectivity index (χ4v) is 3.31. The summed E-state index contributed by atoms with van der Waals surface area (Å²) in [6.07, 6.45) is -3.86. The van der Waals surface area contributed by atoms with Crippen molar-refractivity contribution in [1.82, 2.24) is 10.5 Å². The predicted octanol–water partition coefficient (Wildman–Crippen LogP) is 5.13. The highest BCUT2D eigenvalue weighted by atomic mass is 35.5. The molecule has 1 aliphatic heterocycles. The van der Waals surface area contributed by atoms with Crippen LogP contribution < -0.4 is 10.9 Å². The van der Waals surface area contributed by atoms with Crippen LogP contribution in [0.3, 0.4) is 0 Å². The predicted molar refractivity (Wildman–Crippen MR) is 105 cm³/mol. The van der Waals surface area contributed by atoms with Crippen molar-refractivity contribution in [3.63, 3.8) is 0 Å². The maximum atomic E-state index is 14.0. The van der Waals surface area contributed by atoms with Crippen molar-refractivity contribution >= 4 is 40.5 Å². The first-order valence-electron chi connectivity index (χ1n) is 8.33. The Morgan fingerprint density at radius 2 is 1.83 bits per heavy atom. The second kappa shape index (κ2) is 7.78. The molecule has 3 rings (SSSR count). The van der Waals surface area contributed by atoms with Gasteiger partial charge in [0.25, 0.3) is 0 Å².